The molecule has 0 spiro atoms. The number of anilines is 1. The van der Waals surface area contributed by atoms with Gasteiger partial charge in [0.25, 0.3) is 0 Å². The lowest BCUT2D eigenvalue weighted by molar-refractivity contribution is 0.394. The third kappa shape index (κ3) is 1.93. The van der Waals surface area contributed by atoms with Gasteiger partial charge in [0.2, 0.25) is 0 Å². The number of fused-ring (bicyclic) bond motifs is 1. The fourth-order valence-corrected chi connectivity index (χ4v) is 2.45. The Kier molecular flexibility index (Phi) is 2.39. The molecular formula is C14H17N3. The van der Waals surface area contributed by atoms with Crippen molar-refractivity contribution in [2.75, 3.05) is 5.73 Å². The second-order valence-electron chi connectivity index (χ2n) is 4.96. The number of nitrogens with two attached hydrogens (primary N) is 1. The maximum absolute atomic E-state index is 5.81. The van der Waals surface area contributed by atoms with Crippen molar-refractivity contribution in [1.29, 1.82) is 0 Å². The summed E-state index contributed by atoms with van der Waals surface area (Å²) in [6.45, 7) is 3.38. The highest BCUT2D eigenvalue weighted by molar-refractivity contribution is 5.63. The van der Waals surface area contributed by atoms with E-state index in [1.165, 1.54) is 12.2 Å². The zero-order chi connectivity index (χ0) is 11.8. The van der Waals surface area contributed by atoms with Crippen LogP contribution in [0.25, 0.3) is 11.3 Å². The molecule has 1 unspecified atom stereocenters. The molecule has 88 valence electrons. The number of imidazole rings is 1. The molecule has 0 saturated carbocycles. The molecule has 0 saturated heterocycles. The lowest BCUT2D eigenvalue weighted by Crippen LogP contribution is -2.17. The Hall–Kier alpha value is -1.77. The molecule has 0 fully saturated rings. The highest BCUT2D eigenvalue weighted by atomic mass is 15.1. The van der Waals surface area contributed by atoms with Crippen LogP contribution in [-0.4, -0.2) is 9.55 Å². The van der Waals surface area contributed by atoms with Gasteiger partial charge < -0.3 is 10.3 Å². The summed E-state index contributed by atoms with van der Waals surface area (Å²) in [6.07, 6.45) is 4.48. The predicted molar refractivity (Wildman–Crippen MR) is 69.6 cm³/mol. The van der Waals surface area contributed by atoms with Gasteiger partial charge in [0, 0.05) is 30.4 Å². The summed E-state index contributed by atoms with van der Waals surface area (Å²) in [7, 11) is 0. The van der Waals surface area contributed by atoms with Gasteiger partial charge in [-0.3, -0.25) is 0 Å². The molecular weight excluding hydrogens is 210 g/mol. The molecule has 1 aliphatic heterocycles. The molecule has 0 amide bonds. The Morgan fingerprint density at radius 2 is 2.29 bits per heavy atom. The molecule has 3 heteroatoms. The van der Waals surface area contributed by atoms with Gasteiger partial charge in [0.15, 0.2) is 0 Å². The fourth-order valence-electron chi connectivity index (χ4n) is 2.45. The van der Waals surface area contributed by atoms with Gasteiger partial charge in [0.1, 0.15) is 5.82 Å². The average molecular weight is 227 g/mol. The van der Waals surface area contributed by atoms with Crippen molar-refractivity contribution in [3.63, 3.8) is 0 Å². The molecule has 17 heavy (non-hydrogen) atoms. The van der Waals surface area contributed by atoms with E-state index in [1.807, 2.05) is 18.2 Å². The standard InChI is InChI=1S/C14H17N3/c1-10-5-6-14-16-13(9-17(14)8-10)11-3-2-4-12(15)7-11/h2-4,7,9-10H,5-6,8,15H2,1H3. The van der Waals surface area contributed by atoms with Crippen LogP contribution in [-0.2, 0) is 13.0 Å². The van der Waals surface area contributed by atoms with Gasteiger partial charge >= 0.3 is 0 Å². The molecule has 1 aromatic heterocycles. The normalized spacial score (nSPS) is 19.0. The van der Waals surface area contributed by atoms with Gasteiger partial charge in [-0.25, -0.2) is 4.98 Å². The van der Waals surface area contributed by atoms with Gasteiger partial charge in [-0.2, -0.15) is 0 Å². The Balaban J connectivity index is 2.00. The van der Waals surface area contributed by atoms with Crippen LogP contribution in [0.4, 0.5) is 5.69 Å². The molecule has 1 atom stereocenters. The first-order valence-corrected chi connectivity index (χ1v) is 6.14. The number of nitrogen functional groups attached to an aromatic ring is 1. The van der Waals surface area contributed by atoms with Crippen molar-refractivity contribution in [1.82, 2.24) is 9.55 Å². The Bertz CT molecular complexity index is 542. The van der Waals surface area contributed by atoms with Crippen molar-refractivity contribution in [2.45, 2.75) is 26.3 Å². The van der Waals surface area contributed by atoms with Gasteiger partial charge in [-0.1, -0.05) is 19.1 Å². The van der Waals surface area contributed by atoms with Gasteiger partial charge in [0.05, 0.1) is 5.69 Å². The summed E-state index contributed by atoms with van der Waals surface area (Å²) < 4.78 is 2.28. The number of aryl methyl sites for hydroxylation is 1. The van der Waals surface area contributed by atoms with Crippen LogP contribution in [0.15, 0.2) is 30.5 Å². The maximum atomic E-state index is 5.81. The number of nitrogens with zero attached hydrogens (tertiary/aromatic N) is 2. The van der Waals surface area contributed by atoms with E-state index in [0.29, 0.717) is 0 Å². The molecule has 1 aliphatic rings. The van der Waals surface area contributed by atoms with Crippen LogP contribution in [0.1, 0.15) is 19.2 Å². The Labute approximate surface area is 101 Å². The molecule has 0 aliphatic carbocycles. The van der Waals surface area contributed by atoms with E-state index in [1.54, 1.807) is 0 Å². The van der Waals surface area contributed by atoms with Gasteiger partial charge in [-0.05, 0) is 24.5 Å². The SMILES string of the molecule is CC1CCc2nc(-c3cccc(N)c3)cn2C1. The van der Waals surface area contributed by atoms with Crippen LogP contribution in [0.3, 0.4) is 0 Å². The minimum atomic E-state index is 0.755. The first kappa shape index (κ1) is 10.4. The topological polar surface area (TPSA) is 43.8 Å². The molecule has 2 aromatic rings. The third-order valence-corrected chi connectivity index (χ3v) is 3.41. The highest BCUT2D eigenvalue weighted by Crippen LogP contribution is 2.25. The number of aromatic nitrogens is 2. The Morgan fingerprint density at radius 3 is 3.12 bits per heavy atom. The van der Waals surface area contributed by atoms with E-state index in [0.717, 1.165) is 35.8 Å². The molecule has 3 nitrogen and oxygen atoms in total. The van der Waals surface area contributed by atoms with Crippen LogP contribution < -0.4 is 5.73 Å². The van der Waals surface area contributed by atoms with Crippen molar-refractivity contribution in [3.05, 3.63) is 36.3 Å². The third-order valence-electron chi connectivity index (χ3n) is 3.41. The minimum Gasteiger partial charge on any atom is -0.399 e. The van der Waals surface area contributed by atoms with Gasteiger partial charge in [-0.15, -0.1) is 0 Å². The van der Waals surface area contributed by atoms with E-state index in [9.17, 15) is 0 Å². The van der Waals surface area contributed by atoms with E-state index in [4.69, 9.17) is 10.7 Å². The zero-order valence-corrected chi connectivity index (χ0v) is 10.1. The fraction of sp³-hybridized carbons (Fsp3) is 0.357. The van der Waals surface area contributed by atoms with E-state index in [-0.39, 0.29) is 0 Å². The second-order valence-corrected chi connectivity index (χ2v) is 4.96. The summed E-state index contributed by atoms with van der Waals surface area (Å²) >= 11 is 0. The van der Waals surface area contributed by atoms with Crippen molar-refractivity contribution >= 4 is 5.69 Å². The average Bonchev–Trinajstić information content (AvgIpc) is 2.72. The number of hydrogen-bond acceptors (Lipinski definition) is 2. The van der Waals surface area contributed by atoms with Crippen molar-refractivity contribution < 1.29 is 0 Å². The van der Waals surface area contributed by atoms with Crippen molar-refractivity contribution in [2.24, 2.45) is 5.92 Å². The second kappa shape index (κ2) is 3.91. The lowest BCUT2D eigenvalue weighted by atomic mass is 10.0. The van der Waals surface area contributed by atoms with Crippen LogP contribution in [0.2, 0.25) is 0 Å². The van der Waals surface area contributed by atoms with E-state index >= 15 is 0 Å². The minimum absolute atomic E-state index is 0.755. The maximum Gasteiger partial charge on any atom is 0.109 e. The smallest absolute Gasteiger partial charge is 0.109 e. The molecule has 2 N–H and O–H groups in total. The largest absolute Gasteiger partial charge is 0.399 e. The summed E-state index contributed by atoms with van der Waals surface area (Å²) in [4.78, 5) is 4.70. The molecule has 3 rings (SSSR count). The lowest BCUT2D eigenvalue weighted by Gasteiger charge is -2.19. The van der Waals surface area contributed by atoms with E-state index in [2.05, 4.69) is 23.8 Å². The highest BCUT2D eigenvalue weighted by Gasteiger charge is 2.17. The Morgan fingerprint density at radius 1 is 1.41 bits per heavy atom. The van der Waals surface area contributed by atoms with Crippen molar-refractivity contribution in [3.8, 4) is 11.3 Å². The molecule has 0 bridgehead atoms. The predicted octanol–water partition coefficient (Wildman–Crippen LogP) is 2.71. The monoisotopic (exact) mass is 227 g/mol. The first-order chi connectivity index (χ1) is 8.22. The van der Waals surface area contributed by atoms with Crippen LogP contribution in [0, 0.1) is 5.92 Å². The van der Waals surface area contributed by atoms with E-state index < -0.39 is 0 Å². The number of hydrogen-bond donors (Lipinski definition) is 1. The summed E-state index contributed by atoms with van der Waals surface area (Å²) in [5, 5.41) is 0. The first-order valence-electron chi connectivity index (χ1n) is 6.14. The summed E-state index contributed by atoms with van der Waals surface area (Å²) in [5.74, 6) is 1.96. The quantitative estimate of drug-likeness (QED) is 0.761. The van der Waals surface area contributed by atoms with Crippen LogP contribution in [0.5, 0.6) is 0 Å². The molecule has 2 heterocycles. The molecule has 0 radical (unpaired) electrons. The zero-order valence-electron chi connectivity index (χ0n) is 10.1. The number of benzene rings is 1. The summed E-state index contributed by atoms with van der Waals surface area (Å²) in [5.41, 5.74) is 8.75. The number of rotatable bonds is 1. The summed E-state index contributed by atoms with van der Waals surface area (Å²) in [6, 6.07) is 7.93. The van der Waals surface area contributed by atoms with Crippen LogP contribution >= 0.6 is 0 Å². The molecule has 1 aromatic carbocycles.